The van der Waals surface area contributed by atoms with E-state index in [0.717, 1.165) is 36.0 Å². The molecule has 3 rings (SSSR count). The second kappa shape index (κ2) is 7.46. The molecule has 0 bridgehead atoms. The lowest BCUT2D eigenvalue weighted by Crippen LogP contribution is -2.39. The Bertz CT molecular complexity index is 666. The molecule has 1 aromatic heterocycles. The summed E-state index contributed by atoms with van der Waals surface area (Å²) in [5, 5.41) is 10.1. The van der Waals surface area contributed by atoms with Crippen LogP contribution in [-0.2, 0) is 10.5 Å². The predicted molar refractivity (Wildman–Crippen MR) is 90.6 cm³/mol. The van der Waals surface area contributed by atoms with E-state index in [0.29, 0.717) is 6.54 Å². The average molecular weight is 329 g/mol. The van der Waals surface area contributed by atoms with Crippen molar-refractivity contribution in [1.29, 1.82) is 0 Å². The number of carboxylic acid groups (broad SMARTS) is 1. The molecule has 1 N–H and O–H groups in total. The third-order valence-corrected chi connectivity index (χ3v) is 4.89. The molecule has 5 nitrogen and oxygen atoms in total. The van der Waals surface area contributed by atoms with Crippen molar-refractivity contribution in [3.8, 4) is 0 Å². The molecule has 1 saturated heterocycles. The highest BCUT2D eigenvalue weighted by Crippen LogP contribution is 2.25. The Morgan fingerprint density at radius 2 is 2.13 bits per heavy atom. The molecule has 1 fully saturated rings. The van der Waals surface area contributed by atoms with E-state index in [1.165, 1.54) is 5.56 Å². The van der Waals surface area contributed by atoms with Crippen molar-refractivity contribution < 1.29 is 9.90 Å². The molecule has 0 spiro atoms. The minimum absolute atomic E-state index is 0.314. The molecule has 1 aromatic carbocycles. The second-order valence-electron chi connectivity index (χ2n) is 5.61. The van der Waals surface area contributed by atoms with E-state index in [9.17, 15) is 9.90 Å². The van der Waals surface area contributed by atoms with Gasteiger partial charge in [-0.3, -0.25) is 9.78 Å². The van der Waals surface area contributed by atoms with Crippen molar-refractivity contribution in [3.63, 3.8) is 0 Å². The summed E-state index contributed by atoms with van der Waals surface area (Å²) < 4.78 is 0. The van der Waals surface area contributed by atoms with Crippen molar-refractivity contribution in [2.75, 3.05) is 18.0 Å². The summed E-state index contributed by atoms with van der Waals surface area (Å²) in [5.41, 5.74) is 1.24. The maximum Gasteiger partial charge on any atom is 0.308 e. The standard InChI is InChI=1S/C17H19N3O2S/c21-17(22)14-7-4-8-20(11-14)15-9-18-10-16(19-15)23-12-13-5-2-1-3-6-13/h1-3,5-6,9-10,14H,4,7-8,11-12H2,(H,21,22). The van der Waals surface area contributed by atoms with Gasteiger partial charge < -0.3 is 10.0 Å². The Labute approximate surface area is 139 Å². The molecule has 6 heteroatoms. The fourth-order valence-corrected chi connectivity index (χ4v) is 3.48. The Balaban J connectivity index is 1.66. The van der Waals surface area contributed by atoms with Gasteiger partial charge in [-0.1, -0.05) is 30.3 Å². The van der Waals surface area contributed by atoms with Gasteiger partial charge in [0, 0.05) is 18.8 Å². The van der Waals surface area contributed by atoms with Crippen LogP contribution in [0.1, 0.15) is 18.4 Å². The third-order valence-electron chi connectivity index (χ3n) is 3.92. The first-order valence-electron chi connectivity index (χ1n) is 7.69. The molecular formula is C17H19N3O2S. The molecule has 120 valence electrons. The van der Waals surface area contributed by atoms with Gasteiger partial charge >= 0.3 is 5.97 Å². The van der Waals surface area contributed by atoms with E-state index in [4.69, 9.17) is 0 Å². The normalized spacial score (nSPS) is 17.9. The van der Waals surface area contributed by atoms with E-state index >= 15 is 0 Å². The average Bonchev–Trinajstić information content (AvgIpc) is 2.61. The third kappa shape index (κ3) is 4.22. The highest BCUT2D eigenvalue weighted by Gasteiger charge is 2.26. The number of nitrogens with zero attached hydrogens (tertiary/aromatic N) is 3. The van der Waals surface area contributed by atoms with Crippen LogP contribution in [-0.4, -0.2) is 34.1 Å². The minimum Gasteiger partial charge on any atom is -0.481 e. The Hall–Kier alpha value is -2.08. The number of carboxylic acids is 1. The molecular weight excluding hydrogens is 310 g/mol. The fraction of sp³-hybridized carbons (Fsp3) is 0.353. The quantitative estimate of drug-likeness (QED) is 0.851. The summed E-state index contributed by atoms with van der Waals surface area (Å²) in [4.78, 5) is 22.1. The molecule has 0 radical (unpaired) electrons. The van der Waals surface area contributed by atoms with Crippen molar-refractivity contribution in [1.82, 2.24) is 9.97 Å². The highest BCUT2D eigenvalue weighted by molar-refractivity contribution is 7.98. The first kappa shape index (κ1) is 15.8. The number of rotatable bonds is 5. The molecule has 1 aliphatic rings. The van der Waals surface area contributed by atoms with Crippen molar-refractivity contribution in [3.05, 3.63) is 48.3 Å². The van der Waals surface area contributed by atoms with Crippen LogP contribution in [0.15, 0.2) is 47.8 Å². The smallest absolute Gasteiger partial charge is 0.308 e. The summed E-state index contributed by atoms with van der Waals surface area (Å²) >= 11 is 1.64. The summed E-state index contributed by atoms with van der Waals surface area (Å²) in [6.07, 6.45) is 5.09. The van der Waals surface area contributed by atoms with Gasteiger partial charge in [0.05, 0.1) is 18.3 Å². The SMILES string of the molecule is O=C(O)C1CCCN(c2cncc(SCc3ccccc3)n2)C1. The van der Waals surface area contributed by atoms with Gasteiger partial charge in [-0.15, -0.1) is 11.8 Å². The predicted octanol–water partition coefficient (Wildman–Crippen LogP) is 3.07. The number of hydrogen-bond acceptors (Lipinski definition) is 5. The van der Waals surface area contributed by atoms with Crippen LogP contribution in [0.25, 0.3) is 0 Å². The molecule has 2 heterocycles. The summed E-state index contributed by atoms with van der Waals surface area (Å²) in [6.45, 7) is 1.35. The molecule has 2 aromatic rings. The monoisotopic (exact) mass is 329 g/mol. The van der Waals surface area contributed by atoms with Gasteiger partial charge in [0.25, 0.3) is 0 Å². The summed E-state index contributed by atoms with van der Waals surface area (Å²) in [6, 6.07) is 10.2. The van der Waals surface area contributed by atoms with Crippen LogP contribution in [0.2, 0.25) is 0 Å². The largest absolute Gasteiger partial charge is 0.481 e. The molecule has 1 unspecified atom stereocenters. The van der Waals surface area contributed by atoms with E-state index in [2.05, 4.69) is 22.1 Å². The van der Waals surface area contributed by atoms with Crippen LogP contribution in [0, 0.1) is 5.92 Å². The first-order valence-corrected chi connectivity index (χ1v) is 8.67. The van der Waals surface area contributed by atoms with Crippen molar-refractivity contribution in [2.24, 2.45) is 5.92 Å². The fourth-order valence-electron chi connectivity index (χ4n) is 2.68. The first-order chi connectivity index (χ1) is 11.2. The zero-order valence-corrected chi connectivity index (χ0v) is 13.6. The maximum atomic E-state index is 11.2. The number of piperidine rings is 1. The number of anilines is 1. The molecule has 0 saturated carbocycles. The maximum absolute atomic E-state index is 11.2. The van der Waals surface area contributed by atoms with Crippen LogP contribution in [0.5, 0.6) is 0 Å². The number of hydrogen-bond donors (Lipinski definition) is 1. The van der Waals surface area contributed by atoms with Gasteiger partial charge in [-0.25, -0.2) is 4.98 Å². The van der Waals surface area contributed by atoms with Crippen LogP contribution < -0.4 is 4.90 Å². The van der Waals surface area contributed by atoms with Gasteiger partial charge in [0.2, 0.25) is 0 Å². The van der Waals surface area contributed by atoms with E-state index in [1.807, 2.05) is 23.1 Å². The van der Waals surface area contributed by atoms with Crippen LogP contribution in [0.3, 0.4) is 0 Å². The Kier molecular flexibility index (Phi) is 5.12. The molecule has 0 amide bonds. The van der Waals surface area contributed by atoms with E-state index < -0.39 is 5.97 Å². The summed E-state index contributed by atoms with van der Waals surface area (Å²) in [5.74, 6) is 0.578. The van der Waals surface area contributed by atoms with Crippen molar-refractivity contribution in [2.45, 2.75) is 23.6 Å². The molecule has 1 aliphatic heterocycles. The molecule has 0 aliphatic carbocycles. The highest BCUT2D eigenvalue weighted by atomic mass is 32.2. The lowest BCUT2D eigenvalue weighted by atomic mass is 9.98. The minimum atomic E-state index is -0.725. The zero-order valence-electron chi connectivity index (χ0n) is 12.8. The zero-order chi connectivity index (χ0) is 16.1. The Morgan fingerprint density at radius 3 is 2.91 bits per heavy atom. The van der Waals surface area contributed by atoms with E-state index in [1.54, 1.807) is 24.2 Å². The lowest BCUT2D eigenvalue weighted by molar-refractivity contribution is -0.141. The van der Waals surface area contributed by atoms with Gasteiger partial charge in [-0.2, -0.15) is 0 Å². The topological polar surface area (TPSA) is 66.3 Å². The number of aliphatic carboxylic acids is 1. The van der Waals surface area contributed by atoms with Crippen LogP contribution in [0.4, 0.5) is 5.82 Å². The molecule has 1 atom stereocenters. The van der Waals surface area contributed by atoms with Gasteiger partial charge in [-0.05, 0) is 18.4 Å². The number of aromatic nitrogens is 2. The number of thioether (sulfide) groups is 1. The number of carbonyl (C=O) groups is 1. The Morgan fingerprint density at radius 1 is 1.30 bits per heavy atom. The second-order valence-corrected chi connectivity index (χ2v) is 6.61. The summed E-state index contributed by atoms with van der Waals surface area (Å²) in [7, 11) is 0. The lowest BCUT2D eigenvalue weighted by Gasteiger charge is -2.31. The van der Waals surface area contributed by atoms with E-state index in [-0.39, 0.29) is 5.92 Å². The van der Waals surface area contributed by atoms with Crippen LogP contribution >= 0.6 is 11.8 Å². The van der Waals surface area contributed by atoms with Crippen molar-refractivity contribution >= 4 is 23.5 Å². The van der Waals surface area contributed by atoms with Gasteiger partial charge in [0.1, 0.15) is 10.8 Å². The molecule has 23 heavy (non-hydrogen) atoms. The number of benzene rings is 1. The van der Waals surface area contributed by atoms with Gasteiger partial charge in [0.15, 0.2) is 0 Å².